The van der Waals surface area contributed by atoms with Gasteiger partial charge in [-0.15, -0.1) is 5.10 Å². The largest absolute Gasteiger partial charge is 0.478 e. The van der Waals surface area contributed by atoms with Crippen molar-refractivity contribution in [3.8, 4) is 5.69 Å². The highest BCUT2D eigenvalue weighted by Crippen LogP contribution is 2.32. The molecule has 7 nitrogen and oxygen atoms in total. The number of carboxylic acids is 1. The first-order valence-electron chi connectivity index (χ1n) is 7.50. The van der Waals surface area contributed by atoms with Crippen LogP contribution in [0, 0.1) is 5.92 Å². The molecule has 1 fully saturated rings. The number of urea groups is 1. The summed E-state index contributed by atoms with van der Waals surface area (Å²) in [6, 6.07) is 7.97. The van der Waals surface area contributed by atoms with Gasteiger partial charge in [0.1, 0.15) is 0 Å². The van der Waals surface area contributed by atoms with Crippen LogP contribution in [0.5, 0.6) is 0 Å². The van der Waals surface area contributed by atoms with Gasteiger partial charge in [-0.2, -0.15) is 0 Å². The fourth-order valence-corrected chi connectivity index (χ4v) is 2.39. The van der Waals surface area contributed by atoms with Crippen molar-refractivity contribution in [2.75, 3.05) is 5.32 Å². The second kappa shape index (κ2) is 6.12. The molecule has 0 saturated heterocycles. The van der Waals surface area contributed by atoms with Gasteiger partial charge in [-0.25, -0.2) is 14.3 Å². The van der Waals surface area contributed by atoms with Crippen molar-refractivity contribution in [3.63, 3.8) is 0 Å². The number of carbonyl (C=O) groups excluding carboxylic acids is 1. The molecule has 0 bridgehead atoms. The van der Waals surface area contributed by atoms with Gasteiger partial charge < -0.3 is 10.4 Å². The van der Waals surface area contributed by atoms with E-state index in [0.29, 0.717) is 17.4 Å². The summed E-state index contributed by atoms with van der Waals surface area (Å²) in [7, 11) is 0. The maximum absolute atomic E-state index is 11.9. The van der Waals surface area contributed by atoms with Crippen molar-refractivity contribution >= 4 is 17.8 Å². The van der Waals surface area contributed by atoms with Crippen LogP contribution in [0.4, 0.5) is 10.6 Å². The van der Waals surface area contributed by atoms with E-state index in [1.165, 1.54) is 16.8 Å². The summed E-state index contributed by atoms with van der Waals surface area (Å²) >= 11 is 0. The summed E-state index contributed by atoms with van der Waals surface area (Å²) in [5, 5.41) is 18.8. The molecule has 0 aliphatic heterocycles. The third-order valence-corrected chi connectivity index (χ3v) is 3.88. The minimum absolute atomic E-state index is 0.157. The number of carboxylic acid groups (broad SMARTS) is 1. The molecule has 1 aromatic heterocycles. The van der Waals surface area contributed by atoms with Crippen molar-refractivity contribution in [2.45, 2.75) is 25.8 Å². The van der Waals surface area contributed by atoms with E-state index in [2.05, 4.69) is 15.7 Å². The zero-order chi connectivity index (χ0) is 16.4. The van der Waals surface area contributed by atoms with Crippen LogP contribution in [-0.2, 0) is 0 Å². The standard InChI is InChI=1S/C16H18N4O3/c1-10(11-5-6-11)17-16(23)18-14-7-8-20(19-14)13-4-2-3-12(9-13)15(21)22/h2-4,7-11H,5-6H2,1H3,(H,21,22)(H2,17,18,19,23)/t10-/m0/s1. The van der Waals surface area contributed by atoms with E-state index in [1.54, 1.807) is 24.4 Å². The highest BCUT2D eigenvalue weighted by atomic mass is 16.4. The number of hydrogen-bond donors (Lipinski definition) is 3. The Morgan fingerprint density at radius 1 is 1.35 bits per heavy atom. The summed E-state index contributed by atoms with van der Waals surface area (Å²) < 4.78 is 1.52. The van der Waals surface area contributed by atoms with Crippen LogP contribution >= 0.6 is 0 Å². The molecule has 3 N–H and O–H groups in total. The van der Waals surface area contributed by atoms with E-state index < -0.39 is 5.97 Å². The fourth-order valence-electron chi connectivity index (χ4n) is 2.39. The molecule has 23 heavy (non-hydrogen) atoms. The number of anilines is 1. The Morgan fingerprint density at radius 3 is 2.83 bits per heavy atom. The van der Waals surface area contributed by atoms with Crippen molar-refractivity contribution in [1.29, 1.82) is 0 Å². The summed E-state index contributed by atoms with van der Waals surface area (Å²) in [6.07, 6.45) is 3.99. The lowest BCUT2D eigenvalue weighted by Gasteiger charge is -2.12. The van der Waals surface area contributed by atoms with E-state index in [0.717, 1.165) is 12.8 Å². The number of rotatable bonds is 5. The van der Waals surface area contributed by atoms with E-state index >= 15 is 0 Å². The molecule has 0 radical (unpaired) electrons. The van der Waals surface area contributed by atoms with Gasteiger partial charge in [0.15, 0.2) is 5.82 Å². The predicted octanol–water partition coefficient (Wildman–Crippen LogP) is 2.49. The zero-order valence-corrected chi connectivity index (χ0v) is 12.7. The topological polar surface area (TPSA) is 96.2 Å². The van der Waals surface area contributed by atoms with Crippen LogP contribution in [0.3, 0.4) is 0 Å². The molecule has 0 spiro atoms. The Bertz CT molecular complexity index is 736. The average Bonchev–Trinajstić information content (AvgIpc) is 3.28. The van der Waals surface area contributed by atoms with Crippen molar-refractivity contribution in [2.24, 2.45) is 5.92 Å². The van der Waals surface area contributed by atoms with Crippen LogP contribution in [0.2, 0.25) is 0 Å². The summed E-state index contributed by atoms with van der Waals surface area (Å²) in [4.78, 5) is 22.9. The average molecular weight is 314 g/mol. The van der Waals surface area contributed by atoms with Crippen LogP contribution in [0.15, 0.2) is 36.5 Å². The van der Waals surface area contributed by atoms with Gasteiger partial charge in [0.25, 0.3) is 0 Å². The molecule has 1 aliphatic rings. The SMILES string of the molecule is C[C@H](NC(=O)Nc1ccn(-c2cccc(C(=O)O)c2)n1)C1CC1. The first-order chi connectivity index (χ1) is 11.0. The van der Waals surface area contributed by atoms with E-state index in [9.17, 15) is 9.59 Å². The predicted molar refractivity (Wildman–Crippen MR) is 84.9 cm³/mol. The Labute approximate surface area is 133 Å². The molecule has 120 valence electrons. The summed E-state index contributed by atoms with van der Waals surface area (Å²) in [6.45, 7) is 1.99. The molecule has 0 unspecified atom stereocenters. The van der Waals surface area contributed by atoms with Gasteiger partial charge in [-0.05, 0) is 43.9 Å². The van der Waals surface area contributed by atoms with Crippen LogP contribution < -0.4 is 10.6 Å². The normalized spacial score (nSPS) is 15.0. The quantitative estimate of drug-likeness (QED) is 0.790. The first kappa shape index (κ1) is 15.1. The molecule has 1 atom stereocenters. The summed E-state index contributed by atoms with van der Waals surface area (Å²) in [5.41, 5.74) is 0.799. The first-order valence-corrected chi connectivity index (χ1v) is 7.50. The van der Waals surface area contributed by atoms with Crippen molar-refractivity contribution < 1.29 is 14.7 Å². The van der Waals surface area contributed by atoms with Gasteiger partial charge in [0.05, 0.1) is 11.3 Å². The minimum Gasteiger partial charge on any atom is -0.478 e. The maximum atomic E-state index is 11.9. The number of aromatic carboxylic acids is 1. The molecular weight excluding hydrogens is 296 g/mol. The third kappa shape index (κ3) is 3.68. The Morgan fingerprint density at radius 2 is 2.13 bits per heavy atom. The molecule has 1 aliphatic carbocycles. The number of nitrogens with zero attached hydrogens (tertiary/aromatic N) is 2. The molecule has 1 aromatic carbocycles. The van der Waals surface area contributed by atoms with Crippen LogP contribution in [-0.4, -0.2) is 32.9 Å². The second-order valence-corrected chi connectivity index (χ2v) is 5.73. The van der Waals surface area contributed by atoms with Gasteiger partial charge >= 0.3 is 12.0 Å². The fraction of sp³-hybridized carbons (Fsp3) is 0.312. The highest BCUT2D eigenvalue weighted by Gasteiger charge is 2.28. The number of benzene rings is 1. The summed E-state index contributed by atoms with van der Waals surface area (Å²) in [5.74, 6) is -0.00548. The molecule has 1 saturated carbocycles. The van der Waals surface area contributed by atoms with Gasteiger partial charge in [0, 0.05) is 18.3 Å². The van der Waals surface area contributed by atoms with Gasteiger partial charge in [-0.3, -0.25) is 5.32 Å². The number of amides is 2. The highest BCUT2D eigenvalue weighted by molar-refractivity contribution is 5.89. The lowest BCUT2D eigenvalue weighted by atomic mass is 10.2. The molecule has 7 heteroatoms. The van der Waals surface area contributed by atoms with Crippen LogP contribution in [0.1, 0.15) is 30.1 Å². The Balaban J connectivity index is 1.66. The number of carbonyl (C=O) groups is 2. The molecule has 2 aromatic rings. The number of hydrogen-bond acceptors (Lipinski definition) is 3. The van der Waals surface area contributed by atoms with Gasteiger partial charge in [0.2, 0.25) is 0 Å². The zero-order valence-electron chi connectivity index (χ0n) is 12.7. The van der Waals surface area contributed by atoms with Crippen LogP contribution in [0.25, 0.3) is 5.69 Å². The lowest BCUT2D eigenvalue weighted by molar-refractivity contribution is 0.0697. The Hall–Kier alpha value is -2.83. The van der Waals surface area contributed by atoms with E-state index in [4.69, 9.17) is 5.11 Å². The number of aromatic nitrogens is 2. The molecule has 2 amide bonds. The smallest absolute Gasteiger partial charge is 0.335 e. The van der Waals surface area contributed by atoms with E-state index in [-0.39, 0.29) is 17.6 Å². The second-order valence-electron chi connectivity index (χ2n) is 5.73. The molecule has 1 heterocycles. The van der Waals surface area contributed by atoms with Gasteiger partial charge in [-0.1, -0.05) is 6.07 Å². The third-order valence-electron chi connectivity index (χ3n) is 3.88. The van der Waals surface area contributed by atoms with Crippen molar-refractivity contribution in [3.05, 3.63) is 42.1 Å². The maximum Gasteiger partial charge on any atom is 0.335 e. The molecule has 3 rings (SSSR count). The monoisotopic (exact) mass is 314 g/mol. The van der Waals surface area contributed by atoms with E-state index in [1.807, 2.05) is 6.92 Å². The lowest BCUT2D eigenvalue weighted by Crippen LogP contribution is -2.37. The van der Waals surface area contributed by atoms with Crippen molar-refractivity contribution in [1.82, 2.24) is 15.1 Å². The Kier molecular flexibility index (Phi) is 4.01. The molecular formula is C16H18N4O3. The minimum atomic E-state index is -0.995. The number of nitrogens with one attached hydrogen (secondary N) is 2.